The number of ketones is 1. The quantitative estimate of drug-likeness (QED) is 0.513. The van der Waals surface area contributed by atoms with Crippen LogP contribution >= 0.6 is 0 Å². The molecule has 2 aromatic rings. The lowest BCUT2D eigenvalue weighted by molar-refractivity contribution is -0.384. The fourth-order valence-electron chi connectivity index (χ4n) is 3.00. The summed E-state index contributed by atoms with van der Waals surface area (Å²) in [6.07, 6.45) is 0. The molecule has 1 heterocycles. The fraction of sp³-hybridized carbons (Fsp3) is 0.222. The number of amides is 2. The number of piperazine rings is 1. The molecule has 2 N–H and O–H groups in total. The summed E-state index contributed by atoms with van der Waals surface area (Å²) in [7, 11) is 0. The van der Waals surface area contributed by atoms with Gasteiger partial charge in [-0.1, -0.05) is 30.3 Å². The van der Waals surface area contributed by atoms with E-state index in [4.69, 9.17) is 5.73 Å². The second-order valence-electron chi connectivity index (χ2n) is 5.97. The van der Waals surface area contributed by atoms with Crippen molar-refractivity contribution >= 4 is 23.2 Å². The van der Waals surface area contributed by atoms with Crippen LogP contribution in [-0.4, -0.2) is 47.8 Å². The number of urea groups is 1. The van der Waals surface area contributed by atoms with Crippen LogP contribution in [0.15, 0.2) is 48.5 Å². The predicted molar refractivity (Wildman–Crippen MR) is 96.3 cm³/mol. The van der Waals surface area contributed by atoms with Crippen LogP contribution in [0.5, 0.6) is 0 Å². The lowest BCUT2D eigenvalue weighted by Gasteiger charge is -2.34. The summed E-state index contributed by atoms with van der Waals surface area (Å²) >= 11 is 0. The number of hydrogen-bond acceptors (Lipinski definition) is 5. The third-order valence-corrected chi connectivity index (χ3v) is 4.40. The van der Waals surface area contributed by atoms with E-state index < -0.39 is 11.0 Å². The highest BCUT2D eigenvalue weighted by atomic mass is 16.6. The Balaban J connectivity index is 1.87. The van der Waals surface area contributed by atoms with Crippen LogP contribution in [0.25, 0.3) is 0 Å². The fourth-order valence-corrected chi connectivity index (χ4v) is 3.00. The highest BCUT2D eigenvalue weighted by Crippen LogP contribution is 2.30. The molecule has 0 atom stereocenters. The minimum absolute atomic E-state index is 0.126. The zero-order valence-corrected chi connectivity index (χ0v) is 14.0. The maximum absolute atomic E-state index is 12.5. The molecule has 8 nitrogen and oxygen atoms in total. The summed E-state index contributed by atoms with van der Waals surface area (Å²) in [6.45, 7) is 1.68. The van der Waals surface area contributed by atoms with Gasteiger partial charge in [-0.3, -0.25) is 14.9 Å². The van der Waals surface area contributed by atoms with Crippen molar-refractivity contribution in [1.29, 1.82) is 0 Å². The van der Waals surface area contributed by atoms with Crippen LogP contribution < -0.4 is 10.6 Å². The van der Waals surface area contributed by atoms with Crippen molar-refractivity contribution in [1.82, 2.24) is 4.90 Å². The van der Waals surface area contributed by atoms with Gasteiger partial charge in [-0.25, -0.2) is 4.79 Å². The first-order valence-corrected chi connectivity index (χ1v) is 8.15. The van der Waals surface area contributed by atoms with Crippen molar-refractivity contribution < 1.29 is 14.5 Å². The molecule has 8 heteroatoms. The smallest absolute Gasteiger partial charge is 0.314 e. The van der Waals surface area contributed by atoms with Gasteiger partial charge in [-0.05, 0) is 12.1 Å². The van der Waals surface area contributed by atoms with Gasteiger partial charge in [-0.2, -0.15) is 0 Å². The Kier molecular flexibility index (Phi) is 4.83. The Morgan fingerprint density at radius 1 is 0.962 bits per heavy atom. The molecule has 1 aliphatic heterocycles. The molecule has 1 saturated heterocycles. The van der Waals surface area contributed by atoms with Crippen molar-refractivity contribution in [3.63, 3.8) is 0 Å². The number of nitro benzene ring substituents is 1. The maximum Gasteiger partial charge on any atom is 0.314 e. The zero-order valence-electron chi connectivity index (χ0n) is 14.0. The summed E-state index contributed by atoms with van der Waals surface area (Å²) in [6, 6.07) is 12.6. The van der Waals surface area contributed by atoms with Gasteiger partial charge in [0.15, 0.2) is 5.78 Å². The van der Waals surface area contributed by atoms with Gasteiger partial charge < -0.3 is 15.5 Å². The number of benzene rings is 2. The van der Waals surface area contributed by atoms with E-state index in [0.29, 0.717) is 37.4 Å². The second-order valence-corrected chi connectivity index (χ2v) is 5.97. The molecule has 26 heavy (non-hydrogen) atoms. The van der Waals surface area contributed by atoms with Gasteiger partial charge in [0.1, 0.15) is 5.69 Å². The standard InChI is InChI=1S/C18H18N4O4/c19-18(24)21-10-8-20(9-11-21)15-7-6-14(12-16(15)22(25)26)17(23)13-4-2-1-3-5-13/h1-7,12H,8-11H2,(H2,19,24). The number of rotatable bonds is 4. The molecule has 0 unspecified atom stereocenters. The highest BCUT2D eigenvalue weighted by Gasteiger charge is 2.26. The molecule has 2 aromatic carbocycles. The summed E-state index contributed by atoms with van der Waals surface area (Å²) in [5, 5.41) is 11.5. The molecule has 0 aromatic heterocycles. The van der Waals surface area contributed by atoms with Crippen LogP contribution in [0, 0.1) is 10.1 Å². The van der Waals surface area contributed by atoms with Crippen LogP contribution in [0.1, 0.15) is 15.9 Å². The number of hydrogen-bond donors (Lipinski definition) is 1. The summed E-state index contributed by atoms with van der Waals surface area (Å²) < 4.78 is 0. The minimum Gasteiger partial charge on any atom is -0.362 e. The second kappa shape index (κ2) is 7.22. The molecule has 1 aliphatic rings. The van der Waals surface area contributed by atoms with Crippen LogP contribution in [-0.2, 0) is 0 Å². The Morgan fingerprint density at radius 2 is 1.62 bits per heavy atom. The molecule has 3 rings (SSSR count). The average Bonchev–Trinajstić information content (AvgIpc) is 2.67. The lowest BCUT2D eigenvalue weighted by atomic mass is 10.0. The topological polar surface area (TPSA) is 110 Å². The van der Waals surface area contributed by atoms with Crippen molar-refractivity contribution in [2.75, 3.05) is 31.1 Å². The number of anilines is 1. The number of carbonyl (C=O) groups excluding carboxylic acids is 2. The molecule has 0 bridgehead atoms. The van der Waals surface area contributed by atoms with E-state index in [1.165, 1.54) is 11.0 Å². The first-order valence-electron chi connectivity index (χ1n) is 8.15. The number of carbonyl (C=O) groups is 2. The monoisotopic (exact) mass is 354 g/mol. The third-order valence-electron chi connectivity index (χ3n) is 4.40. The van der Waals surface area contributed by atoms with Crippen LogP contribution in [0.2, 0.25) is 0 Å². The van der Waals surface area contributed by atoms with Crippen molar-refractivity contribution in [2.45, 2.75) is 0 Å². The van der Waals surface area contributed by atoms with Gasteiger partial charge in [-0.15, -0.1) is 0 Å². The molecule has 134 valence electrons. The van der Waals surface area contributed by atoms with Crippen molar-refractivity contribution in [2.24, 2.45) is 5.73 Å². The zero-order chi connectivity index (χ0) is 18.7. The molecular weight excluding hydrogens is 336 g/mol. The maximum atomic E-state index is 12.5. The van der Waals surface area contributed by atoms with Crippen molar-refractivity contribution in [3.05, 3.63) is 69.8 Å². The number of nitrogens with zero attached hydrogens (tertiary/aromatic N) is 3. The molecule has 0 radical (unpaired) electrons. The molecule has 0 aliphatic carbocycles. The number of nitro groups is 1. The summed E-state index contributed by atoms with van der Waals surface area (Å²) in [5.74, 6) is -0.265. The van der Waals surface area contributed by atoms with E-state index in [1.54, 1.807) is 42.5 Å². The Bertz CT molecular complexity index is 846. The average molecular weight is 354 g/mol. The first kappa shape index (κ1) is 17.4. The molecular formula is C18H18N4O4. The van der Waals surface area contributed by atoms with Gasteiger partial charge in [0.25, 0.3) is 5.69 Å². The third kappa shape index (κ3) is 3.49. The van der Waals surface area contributed by atoms with E-state index in [2.05, 4.69) is 0 Å². The van der Waals surface area contributed by atoms with Gasteiger partial charge in [0.2, 0.25) is 0 Å². The normalized spacial score (nSPS) is 14.2. The SMILES string of the molecule is NC(=O)N1CCN(c2ccc(C(=O)c3ccccc3)cc2[N+](=O)[O-])CC1. The van der Waals surface area contributed by atoms with E-state index >= 15 is 0 Å². The van der Waals surface area contributed by atoms with E-state index in [9.17, 15) is 19.7 Å². The first-order chi connectivity index (χ1) is 12.5. The molecule has 1 fully saturated rings. The van der Waals surface area contributed by atoms with E-state index in [1.807, 2.05) is 4.90 Å². The van der Waals surface area contributed by atoms with E-state index in [-0.39, 0.29) is 17.0 Å². The van der Waals surface area contributed by atoms with Crippen LogP contribution in [0.3, 0.4) is 0 Å². The van der Waals surface area contributed by atoms with E-state index in [0.717, 1.165) is 0 Å². The Morgan fingerprint density at radius 3 is 2.19 bits per heavy atom. The van der Waals surface area contributed by atoms with Gasteiger partial charge in [0, 0.05) is 43.4 Å². The number of primary amides is 1. The number of nitrogens with two attached hydrogens (primary N) is 1. The molecule has 0 spiro atoms. The predicted octanol–water partition coefficient (Wildman–Crippen LogP) is 2.03. The van der Waals surface area contributed by atoms with Gasteiger partial charge >= 0.3 is 6.03 Å². The van der Waals surface area contributed by atoms with Crippen molar-refractivity contribution in [3.8, 4) is 0 Å². The Labute approximate surface area is 150 Å². The minimum atomic E-state index is -0.497. The Hall–Kier alpha value is -3.42. The molecule has 0 saturated carbocycles. The summed E-state index contributed by atoms with van der Waals surface area (Å²) in [5.41, 5.74) is 6.31. The highest BCUT2D eigenvalue weighted by molar-refractivity contribution is 6.09. The molecule has 2 amide bonds. The van der Waals surface area contributed by atoms with Crippen LogP contribution in [0.4, 0.5) is 16.2 Å². The largest absolute Gasteiger partial charge is 0.362 e. The summed E-state index contributed by atoms with van der Waals surface area (Å²) in [4.78, 5) is 38.1. The van der Waals surface area contributed by atoms with Gasteiger partial charge in [0.05, 0.1) is 4.92 Å². The lowest BCUT2D eigenvalue weighted by Crippen LogP contribution is -2.50.